The Morgan fingerprint density at radius 1 is 1.17 bits per heavy atom. The first kappa shape index (κ1) is 14.3. The molecule has 0 aromatic heterocycles. The van der Waals surface area contributed by atoms with E-state index in [4.69, 9.17) is 46.4 Å². The summed E-state index contributed by atoms with van der Waals surface area (Å²) in [7, 11) is 0. The molecule has 0 bridgehead atoms. The van der Waals surface area contributed by atoms with Crippen LogP contribution in [0.3, 0.4) is 0 Å². The molecule has 98 valence electrons. The molecule has 0 unspecified atom stereocenters. The molecule has 2 rings (SSSR count). The maximum Gasteiger partial charge on any atom is 0.220 e. The minimum absolute atomic E-state index is 0.0524. The van der Waals surface area contributed by atoms with E-state index >= 15 is 0 Å². The molecular formula is C12H11Cl4NO. The lowest BCUT2D eigenvalue weighted by Gasteiger charge is -2.34. The Hall–Kier alpha value is -0.150. The van der Waals surface area contributed by atoms with Gasteiger partial charge in [0, 0.05) is 11.4 Å². The van der Waals surface area contributed by atoms with Gasteiger partial charge in [0.05, 0.1) is 6.04 Å². The number of carbonyl (C=O) groups is 1. The van der Waals surface area contributed by atoms with Crippen LogP contribution in [0.15, 0.2) is 24.3 Å². The van der Waals surface area contributed by atoms with Crippen LogP contribution in [-0.2, 0) is 4.79 Å². The summed E-state index contributed by atoms with van der Waals surface area (Å²) in [5, 5.41) is 3.37. The molecule has 1 aromatic rings. The number of piperidine rings is 1. The number of benzene rings is 1. The topological polar surface area (TPSA) is 29.1 Å². The fourth-order valence-corrected chi connectivity index (χ4v) is 2.67. The highest BCUT2D eigenvalue weighted by molar-refractivity contribution is 6.68. The summed E-state index contributed by atoms with van der Waals surface area (Å²) >= 11 is 23.4. The summed E-state index contributed by atoms with van der Waals surface area (Å²) in [4.78, 5) is 11.7. The second-order valence-corrected chi connectivity index (χ2v) is 7.16. The first-order chi connectivity index (χ1) is 8.36. The van der Waals surface area contributed by atoms with E-state index in [9.17, 15) is 4.79 Å². The van der Waals surface area contributed by atoms with E-state index in [-0.39, 0.29) is 11.8 Å². The number of alkyl halides is 3. The number of hydrogen-bond acceptors (Lipinski definition) is 1. The van der Waals surface area contributed by atoms with E-state index in [2.05, 4.69) is 5.32 Å². The van der Waals surface area contributed by atoms with Gasteiger partial charge in [-0.15, -0.1) is 0 Å². The maximum absolute atomic E-state index is 11.7. The van der Waals surface area contributed by atoms with Gasteiger partial charge in [0.2, 0.25) is 9.70 Å². The van der Waals surface area contributed by atoms with Crippen molar-refractivity contribution in [3.05, 3.63) is 34.9 Å². The molecule has 6 heteroatoms. The highest BCUT2D eigenvalue weighted by Gasteiger charge is 2.39. The number of rotatable bonds is 1. The van der Waals surface area contributed by atoms with Crippen LogP contribution in [0.25, 0.3) is 0 Å². The molecule has 1 fully saturated rings. The third kappa shape index (κ3) is 3.45. The lowest BCUT2D eigenvalue weighted by atomic mass is 9.86. The Balaban J connectivity index is 2.18. The third-order valence-electron chi connectivity index (χ3n) is 3.02. The predicted molar refractivity (Wildman–Crippen MR) is 75.6 cm³/mol. The Morgan fingerprint density at radius 2 is 1.78 bits per heavy atom. The summed E-state index contributed by atoms with van der Waals surface area (Å²) < 4.78 is -1.49. The predicted octanol–water partition coefficient (Wildman–Crippen LogP) is 4.07. The van der Waals surface area contributed by atoms with Gasteiger partial charge in [-0.1, -0.05) is 58.5 Å². The molecule has 1 amide bonds. The van der Waals surface area contributed by atoms with Crippen molar-refractivity contribution >= 4 is 52.3 Å². The van der Waals surface area contributed by atoms with Gasteiger partial charge in [0.1, 0.15) is 0 Å². The number of hydrogen-bond donors (Lipinski definition) is 1. The van der Waals surface area contributed by atoms with Crippen LogP contribution in [-0.4, -0.2) is 15.7 Å². The zero-order valence-corrected chi connectivity index (χ0v) is 12.3. The minimum Gasteiger partial charge on any atom is -0.349 e. The molecule has 1 aliphatic rings. The average molecular weight is 327 g/mol. The van der Waals surface area contributed by atoms with Crippen LogP contribution in [0.5, 0.6) is 0 Å². The molecule has 18 heavy (non-hydrogen) atoms. The summed E-state index contributed by atoms with van der Waals surface area (Å²) in [5.41, 5.74) is 1.04. The second kappa shape index (κ2) is 5.46. The summed E-state index contributed by atoms with van der Waals surface area (Å²) in [6, 6.07) is 6.94. The van der Waals surface area contributed by atoms with Crippen molar-refractivity contribution in [2.45, 2.75) is 28.6 Å². The number of nitrogens with one attached hydrogen (secondary N) is 1. The van der Waals surface area contributed by atoms with Gasteiger partial charge in [0.25, 0.3) is 0 Å². The van der Waals surface area contributed by atoms with Crippen molar-refractivity contribution in [2.24, 2.45) is 0 Å². The third-order valence-corrected chi connectivity index (χ3v) is 4.07. The smallest absolute Gasteiger partial charge is 0.220 e. The lowest BCUT2D eigenvalue weighted by molar-refractivity contribution is -0.123. The van der Waals surface area contributed by atoms with E-state index in [0.29, 0.717) is 17.9 Å². The standard InChI is InChI=1S/C12H11Cl4NO/c13-9-3-1-7(2-4-9)8-5-10(12(14,15)16)17-11(18)6-8/h1-4,8,10H,5-6H2,(H,17,18)/t8-,10-/m0/s1. The van der Waals surface area contributed by atoms with E-state index in [1.807, 2.05) is 12.1 Å². The molecule has 1 aromatic carbocycles. The van der Waals surface area contributed by atoms with E-state index < -0.39 is 9.83 Å². The van der Waals surface area contributed by atoms with Crippen molar-refractivity contribution in [1.29, 1.82) is 0 Å². The molecule has 0 radical (unpaired) electrons. The van der Waals surface area contributed by atoms with Crippen LogP contribution in [0, 0.1) is 0 Å². The van der Waals surface area contributed by atoms with Crippen molar-refractivity contribution in [3.8, 4) is 0 Å². The van der Waals surface area contributed by atoms with Gasteiger partial charge in [-0.25, -0.2) is 0 Å². The fraction of sp³-hybridized carbons (Fsp3) is 0.417. The van der Waals surface area contributed by atoms with E-state index in [0.717, 1.165) is 5.56 Å². The van der Waals surface area contributed by atoms with Crippen molar-refractivity contribution < 1.29 is 4.79 Å². The van der Waals surface area contributed by atoms with Gasteiger partial charge < -0.3 is 5.32 Å². The van der Waals surface area contributed by atoms with Crippen molar-refractivity contribution in [3.63, 3.8) is 0 Å². The summed E-state index contributed by atoms with van der Waals surface area (Å²) in [6.45, 7) is 0. The highest BCUT2D eigenvalue weighted by atomic mass is 35.6. The quantitative estimate of drug-likeness (QED) is 0.774. The largest absolute Gasteiger partial charge is 0.349 e. The highest BCUT2D eigenvalue weighted by Crippen LogP contribution is 2.39. The Morgan fingerprint density at radius 3 is 2.33 bits per heavy atom. The molecular weight excluding hydrogens is 316 g/mol. The van der Waals surface area contributed by atoms with Crippen LogP contribution in [0.4, 0.5) is 0 Å². The van der Waals surface area contributed by atoms with Gasteiger partial charge in [-0.05, 0) is 30.0 Å². The fourth-order valence-electron chi connectivity index (χ4n) is 2.11. The normalized spacial score (nSPS) is 24.8. The first-order valence-electron chi connectivity index (χ1n) is 5.48. The van der Waals surface area contributed by atoms with Crippen LogP contribution in [0.1, 0.15) is 24.3 Å². The van der Waals surface area contributed by atoms with E-state index in [1.165, 1.54) is 0 Å². The van der Waals surface area contributed by atoms with Crippen LogP contribution < -0.4 is 5.32 Å². The molecule has 2 atom stereocenters. The molecule has 0 saturated carbocycles. The lowest BCUT2D eigenvalue weighted by Crippen LogP contribution is -2.48. The van der Waals surface area contributed by atoms with Gasteiger partial charge in [-0.3, -0.25) is 4.79 Å². The Kier molecular flexibility index (Phi) is 4.32. The Bertz CT molecular complexity index is 440. The molecule has 0 spiro atoms. The molecule has 1 N–H and O–H groups in total. The number of amides is 1. The molecule has 1 heterocycles. The summed E-state index contributed by atoms with van der Waals surface area (Å²) in [6.07, 6.45) is 1.00. The van der Waals surface area contributed by atoms with Crippen molar-refractivity contribution in [1.82, 2.24) is 5.32 Å². The molecule has 0 aliphatic carbocycles. The SMILES string of the molecule is O=C1C[C@@H](c2ccc(Cl)cc2)C[C@@H](C(Cl)(Cl)Cl)N1. The first-order valence-corrected chi connectivity index (χ1v) is 6.99. The molecule has 2 nitrogen and oxygen atoms in total. The zero-order chi connectivity index (χ0) is 13.3. The molecule has 1 saturated heterocycles. The zero-order valence-electron chi connectivity index (χ0n) is 9.30. The van der Waals surface area contributed by atoms with Crippen LogP contribution in [0.2, 0.25) is 5.02 Å². The minimum atomic E-state index is -1.49. The molecule has 1 aliphatic heterocycles. The summed E-state index contributed by atoms with van der Waals surface area (Å²) in [5.74, 6) is -0.0471. The number of halogens is 4. The average Bonchev–Trinajstić information content (AvgIpc) is 2.28. The second-order valence-electron chi connectivity index (χ2n) is 4.35. The van der Waals surface area contributed by atoms with Gasteiger partial charge >= 0.3 is 0 Å². The van der Waals surface area contributed by atoms with E-state index in [1.54, 1.807) is 12.1 Å². The van der Waals surface area contributed by atoms with Crippen LogP contribution >= 0.6 is 46.4 Å². The van der Waals surface area contributed by atoms with Gasteiger partial charge in [0.15, 0.2) is 0 Å². The number of carbonyl (C=O) groups excluding carboxylic acids is 1. The maximum atomic E-state index is 11.7. The monoisotopic (exact) mass is 325 g/mol. The Labute approximate surface area is 126 Å². The van der Waals surface area contributed by atoms with Gasteiger partial charge in [-0.2, -0.15) is 0 Å². The van der Waals surface area contributed by atoms with Crippen molar-refractivity contribution in [2.75, 3.05) is 0 Å².